The third kappa shape index (κ3) is 4.70. The molecule has 0 amide bonds. The molecule has 168 valence electrons. The van der Waals surface area contributed by atoms with Gasteiger partial charge in [-0.05, 0) is 42.7 Å². The monoisotopic (exact) mass is 450 g/mol. The molecule has 2 aliphatic heterocycles. The van der Waals surface area contributed by atoms with Crippen molar-refractivity contribution in [2.24, 2.45) is 11.8 Å². The number of pyridine rings is 1. The zero-order valence-electron chi connectivity index (χ0n) is 17.7. The van der Waals surface area contributed by atoms with Crippen LogP contribution in [0.5, 0.6) is 0 Å². The number of aromatic nitrogens is 1. The third-order valence-electron chi connectivity index (χ3n) is 5.77. The molecular formula is C21H27FN4O4S. The van der Waals surface area contributed by atoms with Crippen molar-refractivity contribution in [3.8, 4) is 0 Å². The van der Waals surface area contributed by atoms with Crippen LogP contribution in [0, 0.1) is 24.6 Å². The van der Waals surface area contributed by atoms with Crippen LogP contribution < -0.4 is 4.90 Å². The van der Waals surface area contributed by atoms with Gasteiger partial charge in [-0.3, -0.25) is 4.79 Å². The second-order valence-electron chi connectivity index (χ2n) is 7.93. The number of carbonyl (C=O) groups is 1. The maximum atomic E-state index is 13.9. The first-order chi connectivity index (χ1) is 14.7. The average Bonchev–Trinajstić information content (AvgIpc) is 3.27. The molecule has 1 N–H and O–H groups in total. The van der Waals surface area contributed by atoms with E-state index in [2.05, 4.69) is 9.88 Å². The summed E-state index contributed by atoms with van der Waals surface area (Å²) in [7, 11) is -0.534. The van der Waals surface area contributed by atoms with E-state index in [-0.39, 0.29) is 30.2 Å². The molecule has 2 aliphatic rings. The maximum absolute atomic E-state index is 13.9. The molecule has 2 fully saturated rings. The Morgan fingerprint density at radius 2 is 1.84 bits per heavy atom. The summed E-state index contributed by atoms with van der Waals surface area (Å²) in [5.41, 5.74) is 1.66. The summed E-state index contributed by atoms with van der Waals surface area (Å²) in [6.45, 7) is 3.57. The molecule has 3 atom stereocenters. The van der Waals surface area contributed by atoms with Gasteiger partial charge in [-0.1, -0.05) is 18.2 Å². The van der Waals surface area contributed by atoms with Gasteiger partial charge in [0.05, 0.1) is 6.04 Å². The number of benzene rings is 1. The molecule has 1 aromatic carbocycles. The Hall–Kier alpha value is -2.56. The van der Waals surface area contributed by atoms with Crippen molar-refractivity contribution in [1.82, 2.24) is 13.6 Å². The number of hydrogen-bond donors (Lipinski definition) is 1. The molecule has 0 saturated carbocycles. The number of hydrogen-bond acceptors (Lipinski definition) is 5. The van der Waals surface area contributed by atoms with Crippen molar-refractivity contribution in [2.45, 2.75) is 13.0 Å². The van der Waals surface area contributed by atoms with Gasteiger partial charge >= 0.3 is 0 Å². The van der Waals surface area contributed by atoms with E-state index < -0.39 is 10.2 Å². The van der Waals surface area contributed by atoms with E-state index in [9.17, 15) is 12.8 Å². The van der Waals surface area contributed by atoms with Crippen LogP contribution in [-0.2, 0) is 15.0 Å². The van der Waals surface area contributed by atoms with Crippen molar-refractivity contribution in [3.05, 3.63) is 59.5 Å². The van der Waals surface area contributed by atoms with Crippen molar-refractivity contribution in [2.75, 3.05) is 38.6 Å². The van der Waals surface area contributed by atoms with Gasteiger partial charge in [-0.2, -0.15) is 17.0 Å². The molecule has 2 aromatic rings. The number of anilines is 1. The molecule has 2 saturated heterocycles. The van der Waals surface area contributed by atoms with Gasteiger partial charge in [0.2, 0.25) is 0 Å². The fraction of sp³-hybridized carbons (Fsp3) is 0.429. The van der Waals surface area contributed by atoms with Gasteiger partial charge in [0, 0.05) is 45.3 Å². The molecule has 4 rings (SSSR count). The van der Waals surface area contributed by atoms with Gasteiger partial charge in [0.15, 0.2) is 0 Å². The fourth-order valence-electron chi connectivity index (χ4n) is 4.45. The molecular weight excluding hydrogens is 423 g/mol. The van der Waals surface area contributed by atoms with Gasteiger partial charge in [-0.25, -0.2) is 9.37 Å². The molecule has 0 aliphatic carbocycles. The standard InChI is InChI=1S/C20H25FN4O2S.CH2O2/c1-14-6-4-9-19(22-14)24-11-16-12-25(28(26,27)23(2)3)20(18(16)13-24)15-7-5-8-17(21)10-15;2-1-3/h4-10,16,18,20H,11-13H2,1-3H3;1H,(H,2,3)/t16-,18-,20+;/m0./s1. The van der Waals surface area contributed by atoms with Crippen LogP contribution in [0.1, 0.15) is 17.3 Å². The first-order valence-corrected chi connectivity index (χ1v) is 11.3. The van der Waals surface area contributed by atoms with E-state index in [1.807, 2.05) is 31.2 Å². The highest BCUT2D eigenvalue weighted by molar-refractivity contribution is 7.86. The number of aryl methyl sites for hydroxylation is 1. The Labute approximate surface area is 182 Å². The molecule has 1 aromatic heterocycles. The second kappa shape index (κ2) is 9.29. The van der Waals surface area contributed by atoms with Gasteiger partial charge < -0.3 is 10.0 Å². The van der Waals surface area contributed by atoms with Gasteiger partial charge in [0.25, 0.3) is 16.7 Å². The summed E-state index contributed by atoms with van der Waals surface area (Å²) < 4.78 is 42.6. The van der Waals surface area contributed by atoms with Crippen LogP contribution in [0.2, 0.25) is 0 Å². The van der Waals surface area contributed by atoms with E-state index in [0.29, 0.717) is 18.7 Å². The summed E-state index contributed by atoms with van der Waals surface area (Å²) in [6.07, 6.45) is 0. The number of carboxylic acid groups (broad SMARTS) is 1. The smallest absolute Gasteiger partial charge is 0.290 e. The van der Waals surface area contributed by atoms with Crippen molar-refractivity contribution < 1.29 is 22.7 Å². The Morgan fingerprint density at radius 1 is 1.16 bits per heavy atom. The quantitative estimate of drug-likeness (QED) is 0.718. The summed E-state index contributed by atoms with van der Waals surface area (Å²) in [4.78, 5) is 15.2. The summed E-state index contributed by atoms with van der Waals surface area (Å²) in [5, 5.41) is 6.89. The number of rotatable bonds is 4. The van der Waals surface area contributed by atoms with E-state index in [0.717, 1.165) is 18.1 Å². The predicted molar refractivity (Wildman–Crippen MR) is 115 cm³/mol. The molecule has 31 heavy (non-hydrogen) atoms. The minimum Gasteiger partial charge on any atom is -0.483 e. The highest BCUT2D eigenvalue weighted by atomic mass is 32.2. The first-order valence-electron chi connectivity index (χ1n) is 9.90. The normalized spacial score (nSPS) is 23.4. The van der Waals surface area contributed by atoms with Crippen LogP contribution in [-0.4, -0.2) is 67.3 Å². The third-order valence-corrected chi connectivity index (χ3v) is 7.66. The summed E-state index contributed by atoms with van der Waals surface area (Å²) in [6, 6.07) is 11.9. The molecule has 10 heteroatoms. The Morgan fingerprint density at radius 3 is 2.45 bits per heavy atom. The van der Waals surface area contributed by atoms with Crippen LogP contribution in [0.15, 0.2) is 42.5 Å². The number of nitrogens with zero attached hydrogens (tertiary/aromatic N) is 4. The van der Waals surface area contributed by atoms with E-state index in [1.165, 1.54) is 34.8 Å². The maximum Gasteiger partial charge on any atom is 0.290 e. The highest BCUT2D eigenvalue weighted by Gasteiger charge is 2.52. The SMILES string of the molecule is Cc1cccc(N2C[C@H]3CN(S(=O)(=O)N(C)C)[C@H](c4cccc(F)c4)[C@H]3C2)n1.O=CO. The number of halogens is 1. The van der Waals surface area contributed by atoms with E-state index in [4.69, 9.17) is 9.90 Å². The highest BCUT2D eigenvalue weighted by Crippen LogP contribution is 2.47. The first kappa shape index (κ1) is 23.1. The van der Waals surface area contributed by atoms with Crippen LogP contribution in [0.25, 0.3) is 0 Å². The lowest BCUT2D eigenvalue weighted by molar-refractivity contribution is -0.122. The van der Waals surface area contributed by atoms with Crippen LogP contribution in [0.3, 0.4) is 0 Å². The van der Waals surface area contributed by atoms with Gasteiger partial charge in [-0.15, -0.1) is 0 Å². The predicted octanol–water partition coefficient (Wildman–Crippen LogP) is 2.15. The summed E-state index contributed by atoms with van der Waals surface area (Å²) in [5.74, 6) is 0.817. The van der Waals surface area contributed by atoms with Gasteiger partial charge in [0.1, 0.15) is 11.6 Å². The lowest BCUT2D eigenvalue weighted by Gasteiger charge is -2.31. The Kier molecular flexibility index (Phi) is 6.93. The lowest BCUT2D eigenvalue weighted by atomic mass is 9.90. The molecule has 0 unspecified atom stereocenters. The molecule has 0 bridgehead atoms. The van der Waals surface area contributed by atoms with Crippen molar-refractivity contribution >= 4 is 22.5 Å². The zero-order chi connectivity index (χ0) is 22.8. The minimum absolute atomic E-state index is 0.0823. The largest absolute Gasteiger partial charge is 0.483 e. The van der Waals surface area contributed by atoms with Crippen LogP contribution in [0.4, 0.5) is 10.2 Å². The van der Waals surface area contributed by atoms with E-state index in [1.54, 1.807) is 6.07 Å². The van der Waals surface area contributed by atoms with Crippen molar-refractivity contribution in [3.63, 3.8) is 0 Å². The minimum atomic E-state index is -3.61. The second-order valence-corrected chi connectivity index (χ2v) is 10.0. The molecule has 3 heterocycles. The Balaban J connectivity index is 0.000000858. The van der Waals surface area contributed by atoms with Crippen molar-refractivity contribution in [1.29, 1.82) is 0 Å². The topological polar surface area (TPSA) is 94.1 Å². The average molecular weight is 451 g/mol. The lowest BCUT2D eigenvalue weighted by Crippen LogP contribution is -2.42. The summed E-state index contributed by atoms with van der Waals surface area (Å²) >= 11 is 0. The molecule has 8 nitrogen and oxygen atoms in total. The fourth-order valence-corrected chi connectivity index (χ4v) is 5.81. The van der Waals surface area contributed by atoms with E-state index >= 15 is 0 Å². The molecule has 0 spiro atoms. The molecule has 0 radical (unpaired) electrons. The number of fused-ring (bicyclic) bond motifs is 1. The Bertz CT molecular complexity index is 1030. The van der Waals surface area contributed by atoms with Crippen LogP contribution >= 0.6 is 0 Å². The zero-order valence-corrected chi connectivity index (χ0v) is 18.5.